The number of carbonyl (C=O) groups excluding carboxylic acids is 2. The molecule has 2 aromatic heterocycles. The number of ether oxygens (including phenoxy) is 4. The summed E-state index contributed by atoms with van der Waals surface area (Å²) in [6, 6.07) is 5.77. The van der Waals surface area contributed by atoms with Gasteiger partial charge < -0.3 is 29.2 Å². The molecule has 0 radical (unpaired) electrons. The summed E-state index contributed by atoms with van der Waals surface area (Å²) in [7, 11) is 1.56. The molecule has 0 spiro atoms. The van der Waals surface area contributed by atoms with Gasteiger partial charge in [0, 0.05) is 38.4 Å². The molecule has 3 aliphatic heterocycles. The molecule has 1 amide bonds. The number of pyridine rings is 1. The Labute approximate surface area is 324 Å². The van der Waals surface area contributed by atoms with Gasteiger partial charge in [-0.1, -0.05) is 6.07 Å². The monoisotopic (exact) mass is 778 g/mol. The Kier molecular flexibility index (Phi) is 11.0. The largest absolute Gasteiger partial charge is 0.514 e. The van der Waals surface area contributed by atoms with Crippen molar-refractivity contribution in [1.29, 1.82) is 0 Å². The quantitative estimate of drug-likeness (QED) is 0.0686. The topological polar surface area (TPSA) is 128 Å². The second-order valence-electron chi connectivity index (χ2n) is 16.5. The molecule has 1 N–H and O–H groups in total. The third-order valence-electron chi connectivity index (χ3n) is 11.0. The molecule has 0 saturated carbocycles. The zero-order chi connectivity index (χ0) is 39.8. The van der Waals surface area contributed by atoms with Gasteiger partial charge in [-0.25, -0.2) is 18.0 Å². The van der Waals surface area contributed by atoms with E-state index in [-0.39, 0.29) is 71.2 Å². The standard InChI is InChI=1S/C41H49F3N6O6/c1-39(2,3)56-38(52)55-27-17-25-10-11-31(43)28(9-6-16-53-5)32(25)29(18-27)34-33(44)35-30(20-45-34)36(49-21-26(42)19-40(4,22-49)46-24-51)48-37(47-35)54-23-41-12-7-14-50(41)15-8-13-41/h10-11,17-18,20,24,26H,6-9,12-16,19,21-23H2,1-5H3,(H,46,51). The first-order valence-corrected chi connectivity index (χ1v) is 19.2. The lowest BCUT2D eigenvalue weighted by molar-refractivity contribution is -0.111. The summed E-state index contributed by atoms with van der Waals surface area (Å²) < 4.78 is 71.1. The molecule has 7 rings (SSSR count). The molecule has 12 nitrogen and oxygen atoms in total. The number of rotatable bonds is 12. The first-order chi connectivity index (χ1) is 26.7. The molecule has 3 fully saturated rings. The summed E-state index contributed by atoms with van der Waals surface area (Å²) in [5.74, 6) is -1.12. The summed E-state index contributed by atoms with van der Waals surface area (Å²) in [5.41, 5.74) is -1.80. The minimum Gasteiger partial charge on any atom is -0.461 e. The average molecular weight is 779 g/mol. The molecule has 2 aromatic carbocycles. The van der Waals surface area contributed by atoms with E-state index in [9.17, 15) is 9.59 Å². The Morgan fingerprint density at radius 1 is 1.12 bits per heavy atom. The molecule has 5 heterocycles. The van der Waals surface area contributed by atoms with Crippen molar-refractivity contribution in [2.45, 2.75) is 95.5 Å². The fraction of sp³-hybridized carbons (Fsp3) is 0.537. The van der Waals surface area contributed by atoms with Crippen LogP contribution in [-0.2, 0) is 20.7 Å². The molecule has 56 heavy (non-hydrogen) atoms. The minimum absolute atomic E-state index is 0.0334. The molecule has 15 heteroatoms. The number of anilines is 1. The fourth-order valence-electron chi connectivity index (χ4n) is 8.66. The number of aryl methyl sites for hydroxylation is 1. The summed E-state index contributed by atoms with van der Waals surface area (Å²) >= 11 is 0. The third kappa shape index (κ3) is 8.06. The number of piperidine rings is 1. The van der Waals surface area contributed by atoms with Crippen molar-refractivity contribution in [3.05, 3.63) is 47.7 Å². The number of benzene rings is 2. The van der Waals surface area contributed by atoms with E-state index < -0.39 is 35.1 Å². The second-order valence-corrected chi connectivity index (χ2v) is 16.5. The fourth-order valence-corrected chi connectivity index (χ4v) is 8.66. The summed E-state index contributed by atoms with van der Waals surface area (Å²) in [6.07, 6.45) is 4.49. The van der Waals surface area contributed by atoms with E-state index in [1.54, 1.807) is 45.8 Å². The summed E-state index contributed by atoms with van der Waals surface area (Å²) in [5, 5.41) is 3.79. The van der Waals surface area contributed by atoms with Crippen molar-refractivity contribution in [2.24, 2.45) is 0 Å². The van der Waals surface area contributed by atoms with E-state index in [1.165, 1.54) is 24.4 Å². The van der Waals surface area contributed by atoms with Crippen molar-refractivity contribution in [1.82, 2.24) is 25.2 Å². The number of halogens is 3. The van der Waals surface area contributed by atoms with E-state index in [0.717, 1.165) is 38.8 Å². The second kappa shape index (κ2) is 15.6. The van der Waals surface area contributed by atoms with Crippen molar-refractivity contribution < 1.29 is 41.7 Å². The normalized spacial score (nSPS) is 21.0. The maximum Gasteiger partial charge on any atom is 0.514 e. The predicted octanol–water partition coefficient (Wildman–Crippen LogP) is 7.08. The highest BCUT2D eigenvalue weighted by atomic mass is 19.1. The summed E-state index contributed by atoms with van der Waals surface area (Å²) in [4.78, 5) is 42.4. The maximum absolute atomic E-state index is 17.5. The van der Waals surface area contributed by atoms with Crippen LogP contribution >= 0.6 is 0 Å². The molecular formula is C41H49F3N6O6. The van der Waals surface area contributed by atoms with Crippen LogP contribution in [-0.4, -0.2) is 102 Å². The van der Waals surface area contributed by atoms with Crippen LogP contribution < -0.4 is 19.7 Å². The number of nitrogens with zero attached hydrogens (tertiary/aromatic N) is 5. The molecule has 3 aliphatic rings. The lowest BCUT2D eigenvalue weighted by atomic mass is 9.90. The Morgan fingerprint density at radius 3 is 2.61 bits per heavy atom. The number of nitrogens with one attached hydrogen (secondary N) is 1. The molecule has 0 aliphatic carbocycles. The molecule has 0 bridgehead atoms. The van der Waals surface area contributed by atoms with Crippen molar-refractivity contribution in [3.63, 3.8) is 0 Å². The molecule has 2 unspecified atom stereocenters. The SMILES string of the molecule is COCCCc1c(F)ccc2cc(OC(=O)OC(C)(C)C)cc(-c3ncc4c(N5CC(F)CC(C)(NC=O)C5)nc(OCC56CCCN5CCC6)nc4c3F)c12. The van der Waals surface area contributed by atoms with Crippen LogP contribution in [0.5, 0.6) is 11.8 Å². The molecule has 2 atom stereocenters. The zero-order valence-electron chi connectivity index (χ0n) is 32.6. The van der Waals surface area contributed by atoms with Crippen LogP contribution in [0.1, 0.15) is 71.8 Å². The van der Waals surface area contributed by atoms with E-state index in [0.29, 0.717) is 42.4 Å². The van der Waals surface area contributed by atoms with Gasteiger partial charge in [0.25, 0.3) is 0 Å². The Bertz CT molecular complexity index is 2120. The molecule has 3 saturated heterocycles. The van der Waals surface area contributed by atoms with Crippen LogP contribution in [0.25, 0.3) is 32.9 Å². The number of amides is 1. The van der Waals surface area contributed by atoms with Gasteiger partial charge in [-0.3, -0.25) is 14.7 Å². The number of fused-ring (bicyclic) bond motifs is 3. The lowest BCUT2D eigenvalue weighted by Crippen LogP contribution is -2.58. The first kappa shape index (κ1) is 39.5. The maximum atomic E-state index is 17.5. The number of alkyl halides is 1. The van der Waals surface area contributed by atoms with Crippen LogP contribution in [0.4, 0.5) is 23.8 Å². The number of aromatic nitrogens is 3. The van der Waals surface area contributed by atoms with Crippen molar-refractivity contribution >= 4 is 40.1 Å². The van der Waals surface area contributed by atoms with Gasteiger partial charge in [0.05, 0.1) is 23.0 Å². The van der Waals surface area contributed by atoms with Gasteiger partial charge >= 0.3 is 12.2 Å². The van der Waals surface area contributed by atoms with Crippen LogP contribution in [0, 0.1) is 11.6 Å². The van der Waals surface area contributed by atoms with Crippen molar-refractivity contribution in [2.75, 3.05) is 51.4 Å². The lowest BCUT2D eigenvalue weighted by Gasteiger charge is -2.42. The first-order valence-electron chi connectivity index (χ1n) is 19.2. The van der Waals surface area contributed by atoms with Gasteiger partial charge in [0.2, 0.25) is 6.41 Å². The molecule has 4 aromatic rings. The van der Waals surface area contributed by atoms with E-state index in [4.69, 9.17) is 23.9 Å². The van der Waals surface area contributed by atoms with Gasteiger partial charge in [-0.2, -0.15) is 9.97 Å². The Balaban J connectivity index is 1.39. The van der Waals surface area contributed by atoms with Crippen LogP contribution in [0.3, 0.4) is 0 Å². The Morgan fingerprint density at radius 2 is 1.89 bits per heavy atom. The van der Waals surface area contributed by atoms with Gasteiger partial charge in [-0.15, -0.1) is 0 Å². The smallest absolute Gasteiger partial charge is 0.461 e. The third-order valence-corrected chi connectivity index (χ3v) is 11.0. The van der Waals surface area contributed by atoms with E-state index >= 15 is 13.2 Å². The van der Waals surface area contributed by atoms with Gasteiger partial charge in [0.1, 0.15) is 47.0 Å². The van der Waals surface area contributed by atoms with E-state index in [2.05, 4.69) is 20.2 Å². The minimum atomic E-state index is -1.33. The highest BCUT2D eigenvalue weighted by Gasteiger charge is 2.45. The number of methoxy groups -OCH3 is 1. The Hall–Kier alpha value is -4.76. The number of carbonyl (C=O) groups is 2. The van der Waals surface area contributed by atoms with Crippen LogP contribution in [0.15, 0.2) is 30.5 Å². The molecule has 300 valence electrons. The molecular weight excluding hydrogens is 729 g/mol. The van der Waals surface area contributed by atoms with E-state index in [1.807, 2.05) is 0 Å². The predicted molar refractivity (Wildman–Crippen MR) is 205 cm³/mol. The average Bonchev–Trinajstić information content (AvgIpc) is 3.71. The van der Waals surface area contributed by atoms with Gasteiger partial charge in [0.15, 0.2) is 5.82 Å². The van der Waals surface area contributed by atoms with Gasteiger partial charge in [-0.05, 0) is 114 Å². The number of hydrogen-bond acceptors (Lipinski definition) is 11. The number of hydrogen-bond donors (Lipinski definition) is 1. The van der Waals surface area contributed by atoms with Crippen LogP contribution in [0.2, 0.25) is 0 Å². The van der Waals surface area contributed by atoms with Crippen molar-refractivity contribution in [3.8, 4) is 23.0 Å². The highest BCUT2D eigenvalue weighted by Crippen LogP contribution is 2.42. The summed E-state index contributed by atoms with van der Waals surface area (Å²) in [6.45, 7) is 9.57. The highest BCUT2D eigenvalue weighted by molar-refractivity contribution is 6.02. The zero-order valence-corrected chi connectivity index (χ0v) is 32.6.